The molecule has 0 saturated carbocycles. The molecule has 0 bridgehead atoms. The molecule has 6 nitrogen and oxygen atoms in total. The first-order chi connectivity index (χ1) is 13.8. The van der Waals surface area contributed by atoms with Crippen molar-refractivity contribution in [1.82, 2.24) is 5.16 Å². The zero-order valence-corrected chi connectivity index (χ0v) is 16.3. The van der Waals surface area contributed by atoms with E-state index in [-0.39, 0.29) is 16.7 Å². The van der Waals surface area contributed by atoms with E-state index in [0.29, 0.717) is 29.4 Å². The number of alkyl halides is 2. The lowest BCUT2D eigenvalue weighted by Crippen LogP contribution is -2.12. The fourth-order valence-corrected chi connectivity index (χ4v) is 2.76. The molecule has 2 aromatic carbocycles. The summed E-state index contributed by atoms with van der Waals surface area (Å²) in [5.41, 5.74) is 2.38. The number of nitrogens with zero attached hydrogens (tertiary/aromatic N) is 1. The van der Waals surface area contributed by atoms with Gasteiger partial charge in [0.15, 0.2) is 0 Å². The van der Waals surface area contributed by atoms with Gasteiger partial charge in [0.1, 0.15) is 23.9 Å². The van der Waals surface area contributed by atoms with Crippen LogP contribution < -0.4 is 14.8 Å². The minimum absolute atomic E-state index is 0.0360. The fraction of sp³-hybridized carbons (Fsp3) is 0.200. The first-order valence-electron chi connectivity index (χ1n) is 8.54. The number of rotatable bonds is 7. The van der Waals surface area contributed by atoms with E-state index < -0.39 is 6.61 Å². The average molecular weight is 423 g/mol. The Bertz CT molecular complexity index is 987. The number of benzene rings is 2. The van der Waals surface area contributed by atoms with Gasteiger partial charge >= 0.3 is 6.61 Å². The van der Waals surface area contributed by atoms with Crippen molar-refractivity contribution in [3.8, 4) is 11.5 Å². The molecule has 152 valence electrons. The van der Waals surface area contributed by atoms with Gasteiger partial charge in [-0.15, -0.1) is 0 Å². The maximum absolute atomic E-state index is 12.4. The number of hydrogen-bond donors (Lipinski definition) is 1. The summed E-state index contributed by atoms with van der Waals surface area (Å²) in [4.78, 5) is 12.4. The number of amides is 1. The van der Waals surface area contributed by atoms with E-state index in [9.17, 15) is 13.6 Å². The second kappa shape index (κ2) is 8.91. The standard InChI is InChI=1S/C20H17ClF2N2O4/c1-11-16(12(2)29-25-11)10-27-15-6-3-13(4-7-15)19(26)24-14-5-8-18(17(21)9-14)28-20(22)23/h3-9,20H,10H2,1-2H3,(H,24,26). The van der Waals surface area contributed by atoms with Gasteiger partial charge in [-0.05, 0) is 56.3 Å². The SMILES string of the molecule is Cc1noc(C)c1COc1ccc(C(=O)Nc2ccc(OC(F)F)c(Cl)c2)cc1. The summed E-state index contributed by atoms with van der Waals surface area (Å²) in [6.07, 6.45) is 0. The van der Waals surface area contributed by atoms with Gasteiger partial charge in [-0.3, -0.25) is 4.79 Å². The van der Waals surface area contributed by atoms with E-state index in [1.807, 2.05) is 13.8 Å². The third-order valence-corrected chi connectivity index (χ3v) is 4.38. The number of halogens is 3. The molecule has 3 rings (SSSR count). The van der Waals surface area contributed by atoms with Gasteiger partial charge in [0.25, 0.3) is 5.91 Å². The summed E-state index contributed by atoms with van der Waals surface area (Å²) in [5, 5.41) is 6.47. The predicted molar refractivity (Wildman–Crippen MR) is 103 cm³/mol. The second-order valence-electron chi connectivity index (χ2n) is 6.09. The van der Waals surface area contributed by atoms with Crippen LogP contribution in [0.1, 0.15) is 27.4 Å². The molecule has 1 heterocycles. The van der Waals surface area contributed by atoms with Crippen LogP contribution >= 0.6 is 11.6 Å². The van der Waals surface area contributed by atoms with Crippen LogP contribution in [0.15, 0.2) is 47.0 Å². The normalized spacial score (nSPS) is 10.8. The number of carbonyl (C=O) groups excluding carboxylic acids is 1. The first kappa shape index (κ1) is 20.6. The van der Waals surface area contributed by atoms with E-state index in [1.54, 1.807) is 24.3 Å². The molecule has 0 spiro atoms. The van der Waals surface area contributed by atoms with Crippen molar-refractivity contribution < 1.29 is 27.6 Å². The molecule has 0 saturated heterocycles. The lowest BCUT2D eigenvalue weighted by Gasteiger charge is -2.10. The molecule has 9 heteroatoms. The Kier molecular flexibility index (Phi) is 6.33. The van der Waals surface area contributed by atoms with Crippen molar-refractivity contribution in [1.29, 1.82) is 0 Å². The van der Waals surface area contributed by atoms with Crippen molar-refractivity contribution in [3.63, 3.8) is 0 Å². The smallest absolute Gasteiger partial charge is 0.387 e. The van der Waals surface area contributed by atoms with Crippen LogP contribution in [0.4, 0.5) is 14.5 Å². The van der Waals surface area contributed by atoms with Crippen LogP contribution in [0.2, 0.25) is 5.02 Å². The number of carbonyl (C=O) groups is 1. The van der Waals surface area contributed by atoms with E-state index in [2.05, 4.69) is 15.2 Å². The van der Waals surface area contributed by atoms with Gasteiger partial charge in [-0.25, -0.2) is 0 Å². The zero-order valence-electron chi connectivity index (χ0n) is 15.5. The van der Waals surface area contributed by atoms with Crippen LogP contribution in [0.3, 0.4) is 0 Å². The molecule has 1 aromatic heterocycles. The molecule has 3 aromatic rings. The molecule has 0 aliphatic rings. The lowest BCUT2D eigenvalue weighted by molar-refractivity contribution is -0.0497. The highest BCUT2D eigenvalue weighted by Gasteiger charge is 2.12. The second-order valence-corrected chi connectivity index (χ2v) is 6.50. The summed E-state index contributed by atoms with van der Waals surface area (Å²) in [6, 6.07) is 10.6. The summed E-state index contributed by atoms with van der Waals surface area (Å²) >= 11 is 5.89. The van der Waals surface area contributed by atoms with Crippen molar-refractivity contribution in [2.45, 2.75) is 27.1 Å². The molecule has 29 heavy (non-hydrogen) atoms. The third-order valence-electron chi connectivity index (χ3n) is 4.09. The minimum Gasteiger partial charge on any atom is -0.489 e. The number of anilines is 1. The number of aromatic nitrogens is 1. The summed E-state index contributed by atoms with van der Waals surface area (Å²) in [7, 11) is 0. The Morgan fingerprint density at radius 2 is 1.93 bits per heavy atom. The maximum Gasteiger partial charge on any atom is 0.387 e. The predicted octanol–water partition coefficient (Wildman–Crippen LogP) is 5.38. The summed E-state index contributed by atoms with van der Waals surface area (Å²) in [5.74, 6) is 0.723. The van der Waals surface area contributed by atoms with Crippen LogP contribution in [-0.4, -0.2) is 17.7 Å². The Morgan fingerprint density at radius 3 is 2.52 bits per heavy atom. The van der Waals surface area contributed by atoms with Gasteiger partial charge in [0.05, 0.1) is 16.3 Å². The highest BCUT2D eigenvalue weighted by Crippen LogP contribution is 2.29. The average Bonchev–Trinajstić information content (AvgIpc) is 3.00. The fourth-order valence-electron chi connectivity index (χ4n) is 2.54. The largest absolute Gasteiger partial charge is 0.489 e. The Morgan fingerprint density at radius 1 is 1.21 bits per heavy atom. The number of ether oxygens (including phenoxy) is 2. The highest BCUT2D eigenvalue weighted by molar-refractivity contribution is 6.32. The first-order valence-corrected chi connectivity index (χ1v) is 8.91. The number of aryl methyl sites for hydroxylation is 2. The van der Waals surface area contributed by atoms with Crippen LogP contribution in [0, 0.1) is 13.8 Å². The number of nitrogens with one attached hydrogen (secondary N) is 1. The Balaban J connectivity index is 1.61. The van der Waals surface area contributed by atoms with Crippen LogP contribution in [0.5, 0.6) is 11.5 Å². The molecule has 0 aliphatic heterocycles. The zero-order chi connectivity index (χ0) is 21.0. The van der Waals surface area contributed by atoms with E-state index in [0.717, 1.165) is 11.3 Å². The molecule has 0 aliphatic carbocycles. The maximum atomic E-state index is 12.4. The van der Waals surface area contributed by atoms with E-state index in [1.165, 1.54) is 18.2 Å². The molecule has 0 radical (unpaired) electrons. The quantitative estimate of drug-likeness (QED) is 0.553. The molecular weight excluding hydrogens is 406 g/mol. The van der Waals surface area contributed by atoms with Gasteiger partial charge in [0, 0.05) is 11.3 Å². The monoisotopic (exact) mass is 422 g/mol. The van der Waals surface area contributed by atoms with Gasteiger partial charge < -0.3 is 19.3 Å². The molecule has 0 fully saturated rings. The molecule has 1 amide bonds. The highest BCUT2D eigenvalue weighted by atomic mass is 35.5. The third kappa shape index (κ3) is 5.23. The molecular formula is C20H17ClF2N2O4. The van der Waals surface area contributed by atoms with Crippen LogP contribution in [-0.2, 0) is 6.61 Å². The summed E-state index contributed by atoms with van der Waals surface area (Å²) in [6.45, 7) is 0.968. The van der Waals surface area contributed by atoms with Crippen molar-refractivity contribution in [2.24, 2.45) is 0 Å². The molecule has 0 unspecified atom stereocenters. The van der Waals surface area contributed by atoms with E-state index in [4.69, 9.17) is 20.9 Å². The van der Waals surface area contributed by atoms with Crippen molar-refractivity contribution in [3.05, 3.63) is 70.1 Å². The van der Waals surface area contributed by atoms with Crippen LogP contribution in [0.25, 0.3) is 0 Å². The number of hydrogen-bond acceptors (Lipinski definition) is 5. The van der Waals surface area contributed by atoms with Gasteiger partial charge in [-0.2, -0.15) is 8.78 Å². The van der Waals surface area contributed by atoms with Gasteiger partial charge in [-0.1, -0.05) is 16.8 Å². The molecule has 1 N–H and O–H groups in total. The summed E-state index contributed by atoms with van der Waals surface area (Å²) < 4.78 is 39.6. The lowest BCUT2D eigenvalue weighted by atomic mass is 10.2. The topological polar surface area (TPSA) is 73.6 Å². The Hall–Kier alpha value is -3.13. The van der Waals surface area contributed by atoms with Crippen molar-refractivity contribution >= 4 is 23.2 Å². The molecule has 0 atom stereocenters. The van der Waals surface area contributed by atoms with E-state index >= 15 is 0 Å². The Labute approximate surface area is 170 Å². The minimum atomic E-state index is -2.98. The van der Waals surface area contributed by atoms with Crippen molar-refractivity contribution in [2.75, 3.05) is 5.32 Å². The van der Waals surface area contributed by atoms with Gasteiger partial charge in [0.2, 0.25) is 0 Å².